The highest BCUT2D eigenvalue weighted by molar-refractivity contribution is 7.47. The molecule has 0 radical (unpaired) electrons. The van der Waals surface area contributed by atoms with Crippen LogP contribution in [0.1, 0.15) is 19.8 Å². The van der Waals surface area contributed by atoms with E-state index in [1.165, 1.54) is 36.7 Å². The normalized spacial score (nSPS) is 8.69. The minimum absolute atomic E-state index is 1.01. The number of rotatable bonds is 4. The second-order valence-electron chi connectivity index (χ2n) is 2.99. The van der Waals surface area contributed by atoms with Gasteiger partial charge in [0.1, 0.15) is 0 Å². The highest BCUT2D eigenvalue weighted by Crippen LogP contribution is 2.11. The van der Waals surface area contributed by atoms with Crippen molar-refractivity contribution in [3.63, 3.8) is 0 Å². The maximum atomic E-state index is 7.48. The largest absolute Gasteiger partial charge is 0.229 e. The summed E-state index contributed by atoms with van der Waals surface area (Å²) in [6.07, 6.45) is 6.86. The lowest BCUT2D eigenvalue weighted by Crippen LogP contribution is -1.92. The van der Waals surface area contributed by atoms with Crippen molar-refractivity contribution in [2.45, 2.75) is 19.8 Å². The molecule has 1 atom stereocenters. The van der Waals surface area contributed by atoms with Crippen LogP contribution in [0.2, 0.25) is 0 Å². The summed E-state index contributed by atoms with van der Waals surface area (Å²) >= 11 is 0. The van der Waals surface area contributed by atoms with Crippen molar-refractivity contribution in [3.8, 4) is 12.4 Å². The number of benzene rings is 1. The predicted octanol–water partition coefficient (Wildman–Crippen LogP) is 2.33. The molecule has 16 heavy (non-hydrogen) atoms. The molecule has 1 N–H and O–H groups in total. The highest BCUT2D eigenvalue weighted by atomic mass is 31.1. The molecule has 1 unspecified atom stereocenters. The maximum absolute atomic E-state index is 7.48. The molecule has 1 rings (SSSR count). The fraction of sp³-hybridized carbons (Fsp3) is 0.333. The lowest BCUT2D eigenvalue weighted by molar-refractivity contribution is 0.895. The van der Waals surface area contributed by atoms with E-state index in [-0.39, 0.29) is 0 Å². The molecule has 0 aliphatic rings. The molecule has 84 valence electrons. The third kappa shape index (κ3) is 9.00. The van der Waals surface area contributed by atoms with Crippen LogP contribution in [-0.2, 0) is 0 Å². The van der Waals surface area contributed by atoms with Gasteiger partial charge in [-0.25, -0.2) is 5.32 Å². The van der Waals surface area contributed by atoms with Crippen LogP contribution in [0.15, 0.2) is 30.3 Å². The van der Waals surface area contributed by atoms with Crippen molar-refractivity contribution in [1.29, 1.82) is 10.5 Å². The second kappa shape index (κ2) is 11.5. The van der Waals surface area contributed by atoms with Crippen LogP contribution in [-0.4, -0.2) is 6.16 Å². The van der Waals surface area contributed by atoms with Gasteiger partial charge in [0.05, 0.1) is 0 Å². The molecule has 0 aliphatic carbocycles. The quantitative estimate of drug-likeness (QED) is 0.376. The highest BCUT2D eigenvalue weighted by Gasteiger charge is 1.88. The molecule has 0 aromatic heterocycles. The first kappa shape index (κ1) is 14.4. The number of unbranched alkanes of at least 4 members (excludes halogenated alkanes) is 1. The summed E-state index contributed by atoms with van der Waals surface area (Å²) < 4.78 is 0. The molecule has 1 aromatic rings. The molecule has 4 heteroatoms. The van der Waals surface area contributed by atoms with Crippen LogP contribution in [0.25, 0.3) is 0 Å². The molecular formula is C12H16N3P. The summed E-state index contributed by atoms with van der Waals surface area (Å²) in [6, 6.07) is 10.7. The first-order chi connectivity index (χ1) is 7.85. The Hall–Kier alpha value is -1.57. The maximum Gasteiger partial charge on any atom is 0.190 e. The van der Waals surface area contributed by atoms with Crippen LogP contribution in [0, 0.1) is 22.9 Å². The van der Waals surface area contributed by atoms with E-state index in [2.05, 4.69) is 37.3 Å². The summed E-state index contributed by atoms with van der Waals surface area (Å²) in [4.78, 5) is 0. The molecule has 0 heterocycles. The fourth-order valence-electron chi connectivity index (χ4n) is 0.991. The zero-order valence-electron chi connectivity index (χ0n) is 9.40. The van der Waals surface area contributed by atoms with Crippen LogP contribution in [0.5, 0.6) is 0 Å². The lowest BCUT2D eigenvalue weighted by Gasteiger charge is -1.98. The standard InChI is InChI=1S/C10H15P.C2HN3/c1-2-3-9-11-10-7-5-4-6-8-10;3-1-5-2-4/h4-8,11H,2-3,9H2,1H3;5H. The zero-order chi connectivity index (χ0) is 12.1. The van der Waals surface area contributed by atoms with Gasteiger partial charge in [0.25, 0.3) is 0 Å². The molecular weight excluding hydrogens is 217 g/mol. The van der Waals surface area contributed by atoms with Crippen molar-refractivity contribution in [3.05, 3.63) is 30.3 Å². The molecule has 0 bridgehead atoms. The SMILES string of the molecule is CCCCPc1ccccc1.N#CNC#N. The van der Waals surface area contributed by atoms with Gasteiger partial charge in [0.15, 0.2) is 12.4 Å². The Morgan fingerprint density at radius 3 is 2.25 bits per heavy atom. The molecule has 0 spiro atoms. The second-order valence-corrected chi connectivity index (χ2v) is 4.43. The van der Waals surface area contributed by atoms with Crippen molar-refractivity contribution >= 4 is 13.9 Å². The van der Waals surface area contributed by atoms with E-state index in [0.29, 0.717) is 0 Å². The molecule has 3 nitrogen and oxygen atoms in total. The lowest BCUT2D eigenvalue weighted by atomic mass is 10.4. The van der Waals surface area contributed by atoms with Gasteiger partial charge in [-0.05, 0) is 17.9 Å². The number of hydrogen-bond donors (Lipinski definition) is 1. The number of nitrogens with one attached hydrogen (secondary N) is 1. The average molecular weight is 233 g/mol. The van der Waals surface area contributed by atoms with Crippen LogP contribution in [0.4, 0.5) is 0 Å². The van der Waals surface area contributed by atoms with E-state index in [0.717, 1.165) is 8.58 Å². The first-order valence-corrected chi connectivity index (χ1v) is 6.38. The topological polar surface area (TPSA) is 59.6 Å². The third-order valence-electron chi connectivity index (χ3n) is 1.75. The first-order valence-electron chi connectivity index (χ1n) is 5.17. The summed E-state index contributed by atoms with van der Waals surface area (Å²) in [6.45, 7) is 2.25. The van der Waals surface area contributed by atoms with Crippen molar-refractivity contribution < 1.29 is 0 Å². The Labute approximate surface area is 98.9 Å². The smallest absolute Gasteiger partial charge is 0.190 e. The summed E-state index contributed by atoms with van der Waals surface area (Å²) in [5.74, 6) is 0. The summed E-state index contributed by atoms with van der Waals surface area (Å²) in [5, 5.41) is 18.2. The van der Waals surface area contributed by atoms with Crippen LogP contribution < -0.4 is 10.6 Å². The van der Waals surface area contributed by atoms with E-state index in [9.17, 15) is 0 Å². The Balaban J connectivity index is 0.000000385. The van der Waals surface area contributed by atoms with E-state index in [4.69, 9.17) is 10.5 Å². The van der Waals surface area contributed by atoms with Crippen molar-refractivity contribution in [2.75, 3.05) is 6.16 Å². The van der Waals surface area contributed by atoms with E-state index in [1.807, 2.05) is 0 Å². The van der Waals surface area contributed by atoms with E-state index < -0.39 is 0 Å². The Bertz CT molecular complexity index is 326. The minimum atomic E-state index is 1.01. The molecule has 0 saturated heterocycles. The molecule has 1 aromatic carbocycles. The van der Waals surface area contributed by atoms with Gasteiger partial charge in [-0.1, -0.05) is 52.3 Å². The van der Waals surface area contributed by atoms with Gasteiger partial charge in [-0.15, -0.1) is 0 Å². The van der Waals surface area contributed by atoms with Crippen LogP contribution in [0.3, 0.4) is 0 Å². The molecule has 0 amide bonds. The summed E-state index contributed by atoms with van der Waals surface area (Å²) in [7, 11) is 1.01. The van der Waals surface area contributed by atoms with Crippen LogP contribution >= 0.6 is 8.58 Å². The van der Waals surface area contributed by atoms with Crippen molar-refractivity contribution in [1.82, 2.24) is 5.32 Å². The van der Waals surface area contributed by atoms with Gasteiger partial charge >= 0.3 is 0 Å². The predicted molar refractivity (Wildman–Crippen MR) is 68.5 cm³/mol. The third-order valence-corrected chi connectivity index (χ3v) is 3.09. The van der Waals surface area contributed by atoms with Gasteiger partial charge < -0.3 is 0 Å². The van der Waals surface area contributed by atoms with E-state index >= 15 is 0 Å². The number of nitriles is 2. The Morgan fingerprint density at radius 2 is 1.81 bits per heavy atom. The van der Waals surface area contributed by atoms with E-state index in [1.54, 1.807) is 5.32 Å². The average Bonchev–Trinajstić information content (AvgIpc) is 2.33. The van der Waals surface area contributed by atoms with Gasteiger partial charge in [-0.3, -0.25) is 0 Å². The fourth-order valence-corrected chi connectivity index (χ4v) is 2.24. The Kier molecular flexibility index (Phi) is 10.4. The Morgan fingerprint density at radius 1 is 1.19 bits per heavy atom. The van der Waals surface area contributed by atoms with Gasteiger partial charge in [0, 0.05) is 0 Å². The molecule has 0 saturated carbocycles. The monoisotopic (exact) mass is 233 g/mol. The minimum Gasteiger partial charge on any atom is -0.229 e. The summed E-state index contributed by atoms with van der Waals surface area (Å²) in [5.41, 5.74) is 0. The van der Waals surface area contributed by atoms with Gasteiger partial charge in [-0.2, -0.15) is 10.5 Å². The molecule has 0 aliphatic heterocycles. The zero-order valence-corrected chi connectivity index (χ0v) is 10.4. The molecule has 0 fully saturated rings. The number of nitrogens with zero attached hydrogens (tertiary/aromatic N) is 2. The number of hydrogen-bond acceptors (Lipinski definition) is 3. The van der Waals surface area contributed by atoms with Gasteiger partial charge in [0.2, 0.25) is 0 Å². The van der Waals surface area contributed by atoms with Crippen molar-refractivity contribution in [2.24, 2.45) is 0 Å².